The number of carbonyl (C=O) groups is 1. The molecule has 1 amide bonds. The normalized spacial score (nSPS) is 21.3. The van der Waals surface area contributed by atoms with Crippen LogP contribution in [0, 0.1) is 17.2 Å². The van der Waals surface area contributed by atoms with Crippen molar-refractivity contribution < 1.29 is 4.79 Å². The second-order valence-electron chi connectivity index (χ2n) is 6.28. The molecule has 1 unspecified atom stereocenters. The van der Waals surface area contributed by atoms with Crippen molar-refractivity contribution in [1.82, 2.24) is 15.2 Å². The second-order valence-corrected chi connectivity index (χ2v) is 6.28. The van der Waals surface area contributed by atoms with Crippen LogP contribution >= 0.6 is 0 Å². The molecule has 122 valence electrons. The third-order valence-corrected chi connectivity index (χ3v) is 4.76. The highest BCUT2D eigenvalue weighted by molar-refractivity contribution is 5.76. The molecule has 0 saturated carbocycles. The average Bonchev–Trinajstić information content (AvgIpc) is 3.13. The lowest BCUT2D eigenvalue weighted by atomic mass is 10.0. The number of nitriles is 1. The molecule has 2 aliphatic rings. The van der Waals surface area contributed by atoms with E-state index in [0.717, 1.165) is 51.5 Å². The Morgan fingerprint density at radius 3 is 2.91 bits per heavy atom. The molecule has 6 nitrogen and oxygen atoms in total. The second kappa shape index (κ2) is 7.42. The first kappa shape index (κ1) is 15.8. The Morgan fingerprint density at radius 2 is 2.22 bits per heavy atom. The van der Waals surface area contributed by atoms with Gasteiger partial charge in [0.1, 0.15) is 5.82 Å². The fourth-order valence-corrected chi connectivity index (χ4v) is 3.29. The molecule has 2 saturated heterocycles. The summed E-state index contributed by atoms with van der Waals surface area (Å²) < 4.78 is 0. The van der Waals surface area contributed by atoms with E-state index in [1.165, 1.54) is 6.42 Å². The molecule has 1 N–H and O–H groups in total. The topological polar surface area (TPSA) is 72.3 Å². The number of pyridine rings is 1. The van der Waals surface area contributed by atoms with Crippen LogP contribution in [-0.2, 0) is 4.79 Å². The zero-order valence-electron chi connectivity index (χ0n) is 13.4. The number of hydrogen-bond donors (Lipinski definition) is 1. The van der Waals surface area contributed by atoms with E-state index in [0.29, 0.717) is 17.9 Å². The molecular formula is C17H23N5O. The van der Waals surface area contributed by atoms with Gasteiger partial charge in [0, 0.05) is 38.8 Å². The van der Waals surface area contributed by atoms with Gasteiger partial charge in [-0.05, 0) is 44.0 Å². The van der Waals surface area contributed by atoms with Gasteiger partial charge in [-0.15, -0.1) is 0 Å². The summed E-state index contributed by atoms with van der Waals surface area (Å²) in [5, 5.41) is 12.3. The van der Waals surface area contributed by atoms with E-state index in [1.807, 2.05) is 11.0 Å². The van der Waals surface area contributed by atoms with E-state index in [1.54, 1.807) is 12.3 Å². The summed E-state index contributed by atoms with van der Waals surface area (Å²) in [6.45, 7) is 5.17. The monoisotopic (exact) mass is 313 g/mol. The summed E-state index contributed by atoms with van der Waals surface area (Å²) in [5.41, 5.74) is 0.624. The van der Waals surface area contributed by atoms with E-state index >= 15 is 0 Å². The van der Waals surface area contributed by atoms with Crippen molar-refractivity contribution in [3.63, 3.8) is 0 Å². The van der Waals surface area contributed by atoms with Gasteiger partial charge in [0.25, 0.3) is 0 Å². The van der Waals surface area contributed by atoms with E-state index in [9.17, 15) is 4.79 Å². The van der Waals surface area contributed by atoms with Crippen molar-refractivity contribution in [2.24, 2.45) is 5.92 Å². The quantitative estimate of drug-likeness (QED) is 0.897. The summed E-state index contributed by atoms with van der Waals surface area (Å²) >= 11 is 0. The van der Waals surface area contributed by atoms with E-state index < -0.39 is 0 Å². The number of nitrogens with one attached hydrogen (secondary N) is 1. The molecule has 3 heterocycles. The predicted octanol–water partition coefficient (Wildman–Crippen LogP) is 0.992. The van der Waals surface area contributed by atoms with Gasteiger partial charge < -0.3 is 15.1 Å². The Balaban J connectivity index is 1.47. The summed E-state index contributed by atoms with van der Waals surface area (Å²) in [6, 6.07) is 5.66. The van der Waals surface area contributed by atoms with Gasteiger partial charge in [0.2, 0.25) is 5.91 Å². The van der Waals surface area contributed by atoms with Gasteiger partial charge in [-0.1, -0.05) is 0 Å². The highest BCUT2D eigenvalue weighted by Gasteiger charge is 2.23. The highest BCUT2D eigenvalue weighted by Crippen LogP contribution is 2.18. The average molecular weight is 313 g/mol. The lowest BCUT2D eigenvalue weighted by Crippen LogP contribution is -2.49. The molecule has 1 atom stereocenters. The van der Waals surface area contributed by atoms with E-state index in [-0.39, 0.29) is 5.91 Å². The lowest BCUT2D eigenvalue weighted by Gasteiger charge is -2.35. The van der Waals surface area contributed by atoms with E-state index in [2.05, 4.69) is 21.3 Å². The van der Waals surface area contributed by atoms with Gasteiger partial charge in [0.15, 0.2) is 0 Å². The Morgan fingerprint density at radius 1 is 1.39 bits per heavy atom. The third-order valence-electron chi connectivity index (χ3n) is 4.76. The summed E-state index contributed by atoms with van der Waals surface area (Å²) in [6.07, 6.45) is 4.52. The molecule has 0 spiro atoms. The molecular weight excluding hydrogens is 290 g/mol. The Labute approximate surface area is 137 Å². The lowest BCUT2D eigenvalue weighted by molar-refractivity contribution is -0.131. The van der Waals surface area contributed by atoms with Crippen LogP contribution in [0.1, 0.15) is 24.8 Å². The van der Waals surface area contributed by atoms with Crippen molar-refractivity contribution in [2.45, 2.75) is 19.3 Å². The zero-order chi connectivity index (χ0) is 16.1. The van der Waals surface area contributed by atoms with Crippen molar-refractivity contribution in [2.75, 3.05) is 44.2 Å². The molecule has 23 heavy (non-hydrogen) atoms. The number of carbonyl (C=O) groups excluding carboxylic acids is 1. The van der Waals surface area contributed by atoms with Gasteiger partial charge in [-0.3, -0.25) is 4.79 Å². The number of hydrogen-bond acceptors (Lipinski definition) is 5. The predicted molar refractivity (Wildman–Crippen MR) is 88.0 cm³/mol. The van der Waals surface area contributed by atoms with E-state index in [4.69, 9.17) is 5.26 Å². The van der Waals surface area contributed by atoms with Gasteiger partial charge in [-0.2, -0.15) is 5.26 Å². The van der Waals surface area contributed by atoms with Gasteiger partial charge in [-0.25, -0.2) is 4.98 Å². The molecule has 2 fully saturated rings. The van der Waals surface area contributed by atoms with Gasteiger partial charge >= 0.3 is 0 Å². The first-order valence-corrected chi connectivity index (χ1v) is 8.36. The molecule has 0 aliphatic carbocycles. The maximum atomic E-state index is 12.3. The third kappa shape index (κ3) is 3.99. The molecule has 0 aromatic carbocycles. The summed E-state index contributed by atoms with van der Waals surface area (Å²) in [5.74, 6) is 1.77. The zero-order valence-corrected chi connectivity index (χ0v) is 13.4. The number of piperazine rings is 1. The standard InChI is InChI=1S/C17H23N5O/c18-12-15-4-6-20-16(11-15)21-7-9-22(10-8-21)17(23)2-1-14-3-5-19-13-14/h4,6,11,14,19H,1-3,5,7-10,13H2. The summed E-state index contributed by atoms with van der Waals surface area (Å²) in [7, 11) is 0. The molecule has 1 aromatic heterocycles. The van der Waals surface area contributed by atoms with Crippen LogP contribution in [0.5, 0.6) is 0 Å². The number of nitrogens with zero attached hydrogens (tertiary/aromatic N) is 4. The Kier molecular flexibility index (Phi) is 5.09. The summed E-state index contributed by atoms with van der Waals surface area (Å²) in [4.78, 5) is 20.8. The molecule has 3 rings (SSSR count). The van der Waals surface area contributed by atoms with Crippen LogP contribution < -0.4 is 10.2 Å². The fourth-order valence-electron chi connectivity index (χ4n) is 3.29. The first-order chi connectivity index (χ1) is 11.3. The van der Waals surface area contributed by atoms with Crippen LogP contribution in [0.4, 0.5) is 5.82 Å². The minimum absolute atomic E-state index is 0.273. The van der Waals surface area contributed by atoms with Crippen LogP contribution in [0.2, 0.25) is 0 Å². The van der Waals surface area contributed by atoms with Crippen LogP contribution in [0.3, 0.4) is 0 Å². The minimum atomic E-state index is 0.273. The molecule has 6 heteroatoms. The smallest absolute Gasteiger partial charge is 0.222 e. The largest absolute Gasteiger partial charge is 0.353 e. The Bertz CT molecular complexity index is 583. The Hall–Kier alpha value is -2.13. The molecule has 0 radical (unpaired) electrons. The van der Waals surface area contributed by atoms with Crippen molar-refractivity contribution in [3.8, 4) is 6.07 Å². The van der Waals surface area contributed by atoms with Crippen LogP contribution in [0.25, 0.3) is 0 Å². The van der Waals surface area contributed by atoms with Crippen molar-refractivity contribution in [1.29, 1.82) is 5.26 Å². The molecule has 2 aliphatic heterocycles. The first-order valence-electron chi connectivity index (χ1n) is 8.36. The SMILES string of the molecule is N#Cc1ccnc(N2CCN(C(=O)CCC3CCNC3)CC2)c1. The molecule has 1 aromatic rings. The highest BCUT2D eigenvalue weighted by atomic mass is 16.2. The number of aromatic nitrogens is 1. The maximum Gasteiger partial charge on any atom is 0.222 e. The number of amides is 1. The van der Waals surface area contributed by atoms with Crippen molar-refractivity contribution in [3.05, 3.63) is 23.9 Å². The van der Waals surface area contributed by atoms with Gasteiger partial charge in [0.05, 0.1) is 11.6 Å². The number of anilines is 1. The van der Waals surface area contributed by atoms with Crippen LogP contribution in [-0.4, -0.2) is 55.1 Å². The number of rotatable bonds is 4. The molecule has 0 bridgehead atoms. The van der Waals surface area contributed by atoms with Crippen LogP contribution in [0.15, 0.2) is 18.3 Å². The maximum absolute atomic E-state index is 12.3. The van der Waals surface area contributed by atoms with Crippen molar-refractivity contribution >= 4 is 11.7 Å². The fraction of sp³-hybridized carbons (Fsp3) is 0.588. The minimum Gasteiger partial charge on any atom is -0.353 e.